The quantitative estimate of drug-likeness (QED) is 0.871. The zero-order valence-corrected chi connectivity index (χ0v) is 11.3. The van der Waals surface area contributed by atoms with Gasteiger partial charge in [0, 0.05) is 18.5 Å². The molecule has 19 heavy (non-hydrogen) atoms. The molecule has 3 unspecified atom stereocenters. The Morgan fingerprint density at radius 1 is 1.16 bits per heavy atom. The molecule has 0 bridgehead atoms. The topological polar surface area (TPSA) is 41.1 Å². The number of carbonyl (C=O) groups is 1. The van der Waals surface area contributed by atoms with Gasteiger partial charge in [0.05, 0.1) is 5.92 Å². The lowest BCUT2D eigenvalue weighted by atomic mass is 9.93. The smallest absolute Gasteiger partial charge is 0.224 e. The molecule has 1 aromatic rings. The Kier molecular flexibility index (Phi) is 3.83. The lowest BCUT2D eigenvalue weighted by molar-refractivity contribution is -0.125. The number of hydrogen-bond acceptors (Lipinski definition) is 2. The molecule has 1 aliphatic heterocycles. The highest BCUT2D eigenvalue weighted by Gasteiger charge is 2.32. The van der Waals surface area contributed by atoms with Gasteiger partial charge in [-0.25, -0.2) is 0 Å². The van der Waals surface area contributed by atoms with Crippen molar-refractivity contribution in [3.63, 3.8) is 0 Å². The second-order valence-electron chi connectivity index (χ2n) is 5.75. The van der Waals surface area contributed by atoms with Crippen LogP contribution in [0.2, 0.25) is 0 Å². The average molecular weight is 258 g/mol. The first-order valence-electron chi connectivity index (χ1n) is 7.40. The second kappa shape index (κ2) is 5.74. The Labute approximate surface area is 114 Å². The third-order valence-electron chi connectivity index (χ3n) is 4.50. The number of carbonyl (C=O) groups excluding carboxylic acids is 1. The molecule has 1 amide bonds. The summed E-state index contributed by atoms with van der Waals surface area (Å²) in [5, 5.41) is 6.55. The van der Waals surface area contributed by atoms with Crippen molar-refractivity contribution >= 4 is 5.91 Å². The van der Waals surface area contributed by atoms with Crippen molar-refractivity contribution in [1.29, 1.82) is 0 Å². The van der Waals surface area contributed by atoms with Crippen LogP contribution in [0.15, 0.2) is 30.3 Å². The molecule has 0 spiro atoms. The van der Waals surface area contributed by atoms with Crippen molar-refractivity contribution in [1.82, 2.24) is 10.6 Å². The van der Waals surface area contributed by atoms with Crippen LogP contribution in [0.4, 0.5) is 0 Å². The monoisotopic (exact) mass is 258 g/mol. The van der Waals surface area contributed by atoms with Crippen molar-refractivity contribution in [2.75, 3.05) is 13.1 Å². The maximum atomic E-state index is 12.2. The van der Waals surface area contributed by atoms with Gasteiger partial charge in [-0.15, -0.1) is 0 Å². The van der Waals surface area contributed by atoms with Gasteiger partial charge >= 0.3 is 0 Å². The second-order valence-corrected chi connectivity index (χ2v) is 5.75. The summed E-state index contributed by atoms with van der Waals surface area (Å²) in [6.07, 6.45) is 4.51. The van der Waals surface area contributed by atoms with E-state index in [0.717, 1.165) is 25.9 Å². The predicted octanol–water partition coefficient (Wildman–Crippen LogP) is 2.05. The Balaban J connectivity index is 1.65. The van der Waals surface area contributed by atoms with Crippen LogP contribution in [0, 0.1) is 5.92 Å². The third kappa shape index (κ3) is 2.81. The fraction of sp³-hybridized carbons (Fsp3) is 0.562. The molecule has 0 radical (unpaired) electrons. The first-order valence-corrected chi connectivity index (χ1v) is 7.40. The van der Waals surface area contributed by atoms with E-state index in [1.165, 1.54) is 18.4 Å². The van der Waals surface area contributed by atoms with Crippen molar-refractivity contribution in [3.05, 3.63) is 35.9 Å². The van der Waals surface area contributed by atoms with Crippen LogP contribution >= 0.6 is 0 Å². The van der Waals surface area contributed by atoms with Gasteiger partial charge in [-0.3, -0.25) is 4.79 Å². The summed E-state index contributed by atoms with van der Waals surface area (Å²) < 4.78 is 0. The lowest BCUT2D eigenvalue weighted by Crippen LogP contribution is -2.40. The molecule has 2 aliphatic rings. The van der Waals surface area contributed by atoms with Gasteiger partial charge in [0.25, 0.3) is 0 Å². The minimum absolute atomic E-state index is 0.178. The van der Waals surface area contributed by atoms with E-state index < -0.39 is 0 Å². The highest BCUT2D eigenvalue weighted by molar-refractivity contribution is 5.79. The zero-order chi connectivity index (χ0) is 13.1. The normalized spacial score (nSPS) is 30.4. The van der Waals surface area contributed by atoms with Gasteiger partial charge in [0.1, 0.15) is 0 Å². The number of hydrogen-bond donors (Lipinski definition) is 2. The Bertz CT molecular complexity index is 426. The Morgan fingerprint density at radius 2 is 2.00 bits per heavy atom. The van der Waals surface area contributed by atoms with Crippen molar-refractivity contribution in [3.8, 4) is 0 Å². The van der Waals surface area contributed by atoms with E-state index >= 15 is 0 Å². The maximum Gasteiger partial charge on any atom is 0.224 e. The molecule has 0 aromatic heterocycles. The molecule has 1 aromatic carbocycles. The van der Waals surface area contributed by atoms with Crippen molar-refractivity contribution < 1.29 is 4.79 Å². The van der Waals surface area contributed by atoms with Crippen molar-refractivity contribution in [2.24, 2.45) is 5.92 Å². The summed E-state index contributed by atoms with van der Waals surface area (Å²) in [6, 6.07) is 10.9. The van der Waals surface area contributed by atoms with Crippen LogP contribution in [0.3, 0.4) is 0 Å². The van der Waals surface area contributed by atoms with Crippen LogP contribution in [-0.4, -0.2) is 25.0 Å². The van der Waals surface area contributed by atoms with Crippen LogP contribution in [0.5, 0.6) is 0 Å². The molecule has 1 saturated heterocycles. The van der Waals surface area contributed by atoms with E-state index in [4.69, 9.17) is 0 Å². The van der Waals surface area contributed by atoms with Gasteiger partial charge in [-0.1, -0.05) is 36.8 Å². The fourth-order valence-electron chi connectivity index (χ4n) is 3.41. The molecule has 2 N–H and O–H groups in total. The SMILES string of the molecule is O=C(NC1CCCC1c1ccccc1)C1CCNC1. The highest BCUT2D eigenvalue weighted by Crippen LogP contribution is 2.34. The van der Waals surface area contributed by atoms with Crippen LogP contribution in [0.1, 0.15) is 37.2 Å². The van der Waals surface area contributed by atoms with Gasteiger partial charge in [0.2, 0.25) is 5.91 Å². The van der Waals surface area contributed by atoms with Gasteiger partial charge in [-0.2, -0.15) is 0 Å². The average Bonchev–Trinajstić information content (AvgIpc) is 3.11. The molecule has 3 atom stereocenters. The largest absolute Gasteiger partial charge is 0.352 e. The van der Waals surface area contributed by atoms with E-state index in [1.807, 2.05) is 0 Å². The van der Waals surface area contributed by atoms with E-state index in [9.17, 15) is 4.79 Å². The van der Waals surface area contributed by atoms with Crippen LogP contribution in [-0.2, 0) is 4.79 Å². The van der Waals surface area contributed by atoms with E-state index in [1.54, 1.807) is 0 Å². The molecule has 1 aliphatic carbocycles. The standard InChI is InChI=1S/C16H22N2O/c19-16(13-9-10-17-11-13)18-15-8-4-7-14(15)12-5-2-1-3-6-12/h1-3,5-6,13-15,17H,4,7-11H2,(H,18,19). The fourth-order valence-corrected chi connectivity index (χ4v) is 3.41. The summed E-state index contributed by atoms with van der Waals surface area (Å²) in [4.78, 5) is 12.2. The van der Waals surface area contributed by atoms with Crippen molar-refractivity contribution in [2.45, 2.75) is 37.6 Å². The summed E-state index contributed by atoms with van der Waals surface area (Å²) >= 11 is 0. The predicted molar refractivity (Wildman–Crippen MR) is 75.9 cm³/mol. The lowest BCUT2D eigenvalue weighted by Gasteiger charge is -2.23. The molecular formula is C16H22N2O. The van der Waals surface area contributed by atoms with E-state index in [0.29, 0.717) is 12.0 Å². The maximum absolute atomic E-state index is 12.2. The van der Waals surface area contributed by atoms with E-state index in [2.05, 4.69) is 41.0 Å². The molecule has 1 saturated carbocycles. The Hall–Kier alpha value is -1.35. The summed E-state index contributed by atoms with van der Waals surface area (Å²) in [6.45, 7) is 1.82. The number of benzene rings is 1. The van der Waals surface area contributed by atoms with Crippen LogP contribution < -0.4 is 10.6 Å². The van der Waals surface area contributed by atoms with Gasteiger partial charge in [0.15, 0.2) is 0 Å². The Morgan fingerprint density at radius 3 is 2.74 bits per heavy atom. The van der Waals surface area contributed by atoms with E-state index in [-0.39, 0.29) is 11.8 Å². The van der Waals surface area contributed by atoms with Crippen LogP contribution in [0.25, 0.3) is 0 Å². The van der Waals surface area contributed by atoms with Gasteiger partial charge < -0.3 is 10.6 Å². The molecule has 3 heteroatoms. The molecular weight excluding hydrogens is 236 g/mol. The zero-order valence-electron chi connectivity index (χ0n) is 11.3. The third-order valence-corrected chi connectivity index (χ3v) is 4.50. The first-order chi connectivity index (χ1) is 9.34. The number of amides is 1. The molecule has 3 rings (SSSR count). The molecule has 3 nitrogen and oxygen atoms in total. The molecule has 102 valence electrons. The summed E-state index contributed by atoms with van der Waals surface area (Å²) in [5.74, 6) is 0.925. The number of rotatable bonds is 3. The summed E-state index contributed by atoms with van der Waals surface area (Å²) in [7, 11) is 0. The highest BCUT2D eigenvalue weighted by atomic mass is 16.2. The molecule has 1 heterocycles. The first kappa shape index (κ1) is 12.7. The molecule has 2 fully saturated rings. The minimum Gasteiger partial charge on any atom is -0.352 e. The van der Waals surface area contributed by atoms with Gasteiger partial charge in [-0.05, 0) is 31.4 Å². The summed E-state index contributed by atoms with van der Waals surface area (Å²) in [5.41, 5.74) is 1.37. The minimum atomic E-state index is 0.178. The number of nitrogens with one attached hydrogen (secondary N) is 2.